The van der Waals surface area contributed by atoms with E-state index < -0.39 is 0 Å². The Morgan fingerprint density at radius 1 is 1.20 bits per heavy atom. The smallest absolute Gasteiger partial charge is 0.233 e. The summed E-state index contributed by atoms with van der Waals surface area (Å²) in [4.78, 5) is 37.4. The minimum absolute atomic E-state index is 0.118. The fourth-order valence-electron chi connectivity index (χ4n) is 2.78. The highest BCUT2D eigenvalue weighted by molar-refractivity contribution is 6.05. The van der Waals surface area contributed by atoms with Gasteiger partial charge in [-0.15, -0.1) is 0 Å². The van der Waals surface area contributed by atoms with E-state index in [1.54, 1.807) is 0 Å². The van der Waals surface area contributed by atoms with Gasteiger partial charge in [0.1, 0.15) is 0 Å². The average Bonchev–Trinajstić information content (AvgIpc) is 2.59. The van der Waals surface area contributed by atoms with Crippen molar-refractivity contribution >= 4 is 17.7 Å². The van der Waals surface area contributed by atoms with E-state index in [0.29, 0.717) is 12.8 Å². The third-order valence-corrected chi connectivity index (χ3v) is 3.68. The molecule has 0 aromatic rings. The van der Waals surface area contributed by atoms with Crippen LogP contribution in [0.5, 0.6) is 0 Å². The molecule has 1 fully saturated rings. The quantitative estimate of drug-likeness (QED) is 0.624. The Hall–Kier alpha value is -1.65. The molecule has 1 aliphatic carbocycles. The Morgan fingerprint density at radius 3 is 2.15 bits per heavy atom. The first-order valence-electron chi connectivity index (χ1n) is 7.11. The molecule has 0 bridgehead atoms. The highest BCUT2D eigenvalue weighted by Gasteiger charge is 2.46. The molecule has 1 saturated heterocycles. The van der Waals surface area contributed by atoms with Crippen molar-refractivity contribution in [2.45, 2.75) is 45.6 Å². The second-order valence-electron chi connectivity index (χ2n) is 6.53. The van der Waals surface area contributed by atoms with Crippen molar-refractivity contribution in [2.24, 2.45) is 11.8 Å². The Bertz CT molecular complexity index is 436. The first-order chi connectivity index (χ1) is 9.29. The van der Waals surface area contributed by atoms with Crippen LogP contribution >= 0.6 is 0 Å². The number of amides is 3. The van der Waals surface area contributed by atoms with Gasteiger partial charge in [0.2, 0.25) is 17.7 Å². The monoisotopic (exact) mass is 278 g/mol. The van der Waals surface area contributed by atoms with Crippen LogP contribution in [-0.4, -0.2) is 34.7 Å². The minimum Gasteiger partial charge on any atom is -0.351 e. The second kappa shape index (κ2) is 5.38. The number of nitrogens with zero attached hydrogens (tertiary/aromatic N) is 1. The van der Waals surface area contributed by atoms with Crippen LogP contribution in [0.1, 0.15) is 40.0 Å². The average molecular weight is 278 g/mol. The maximum atomic E-state index is 12.2. The van der Waals surface area contributed by atoms with E-state index in [1.165, 1.54) is 4.90 Å². The molecule has 0 spiro atoms. The van der Waals surface area contributed by atoms with E-state index in [-0.39, 0.29) is 48.1 Å². The number of imide groups is 1. The van der Waals surface area contributed by atoms with Gasteiger partial charge in [0.05, 0.1) is 11.8 Å². The molecular formula is C15H22N2O3. The van der Waals surface area contributed by atoms with Gasteiger partial charge in [0, 0.05) is 18.5 Å². The summed E-state index contributed by atoms with van der Waals surface area (Å²) in [7, 11) is 0. The van der Waals surface area contributed by atoms with Gasteiger partial charge in [0.25, 0.3) is 0 Å². The van der Waals surface area contributed by atoms with Crippen molar-refractivity contribution in [2.75, 3.05) is 6.54 Å². The fraction of sp³-hybridized carbons (Fsp3) is 0.667. The lowest BCUT2D eigenvalue weighted by Crippen LogP contribution is -2.42. The van der Waals surface area contributed by atoms with Gasteiger partial charge in [-0.25, -0.2) is 0 Å². The van der Waals surface area contributed by atoms with Crippen LogP contribution < -0.4 is 5.32 Å². The van der Waals surface area contributed by atoms with Crippen LogP contribution in [0.3, 0.4) is 0 Å². The number of rotatable bonds is 3. The highest BCUT2D eigenvalue weighted by Crippen LogP contribution is 2.34. The largest absolute Gasteiger partial charge is 0.351 e. The van der Waals surface area contributed by atoms with E-state index >= 15 is 0 Å². The van der Waals surface area contributed by atoms with Gasteiger partial charge in [-0.3, -0.25) is 19.3 Å². The number of nitrogens with one attached hydrogen (secondary N) is 1. The second-order valence-corrected chi connectivity index (χ2v) is 6.53. The lowest BCUT2D eigenvalue weighted by molar-refractivity contribution is -0.140. The van der Waals surface area contributed by atoms with Crippen molar-refractivity contribution in [3.8, 4) is 0 Å². The van der Waals surface area contributed by atoms with E-state index in [0.717, 1.165) is 0 Å². The molecule has 1 N–H and O–H groups in total. The van der Waals surface area contributed by atoms with Gasteiger partial charge < -0.3 is 5.32 Å². The molecule has 2 aliphatic rings. The number of likely N-dealkylation sites (tertiary alicyclic amines) is 1. The Kier molecular flexibility index (Phi) is 3.97. The number of hydrogen-bond acceptors (Lipinski definition) is 3. The summed E-state index contributed by atoms with van der Waals surface area (Å²) in [6.45, 7) is 5.89. The summed E-state index contributed by atoms with van der Waals surface area (Å²) in [5.74, 6) is -0.789. The molecule has 3 amide bonds. The van der Waals surface area contributed by atoms with Gasteiger partial charge in [-0.2, -0.15) is 0 Å². The van der Waals surface area contributed by atoms with Crippen LogP contribution in [-0.2, 0) is 14.4 Å². The molecule has 1 heterocycles. The van der Waals surface area contributed by atoms with Gasteiger partial charge in [0.15, 0.2) is 0 Å². The van der Waals surface area contributed by atoms with Crippen molar-refractivity contribution < 1.29 is 14.4 Å². The Balaban J connectivity index is 1.92. The zero-order chi connectivity index (χ0) is 14.9. The number of hydrogen-bond donors (Lipinski definition) is 1. The Morgan fingerprint density at radius 2 is 1.70 bits per heavy atom. The third kappa shape index (κ3) is 3.08. The predicted molar refractivity (Wildman–Crippen MR) is 74.6 cm³/mol. The standard InChI is InChI=1S/C15H22N2O3/c1-15(2,3)16-12(18)8-9-17-13(19)10-6-4-5-7-11(10)14(17)20/h4-5,10-11H,6-9H2,1-3H3,(H,16,18)/t10-,11-/m0/s1. The van der Waals surface area contributed by atoms with Crippen LogP contribution in [0.2, 0.25) is 0 Å². The van der Waals surface area contributed by atoms with Crippen molar-refractivity contribution in [3.63, 3.8) is 0 Å². The van der Waals surface area contributed by atoms with E-state index in [4.69, 9.17) is 0 Å². The van der Waals surface area contributed by atoms with Crippen LogP contribution in [0.15, 0.2) is 12.2 Å². The molecule has 5 heteroatoms. The van der Waals surface area contributed by atoms with Crippen LogP contribution in [0, 0.1) is 11.8 Å². The van der Waals surface area contributed by atoms with E-state index in [2.05, 4.69) is 5.32 Å². The lowest BCUT2D eigenvalue weighted by Gasteiger charge is -2.21. The molecule has 5 nitrogen and oxygen atoms in total. The summed E-state index contributed by atoms with van der Waals surface area (Å²) in [5, 5.41) is 2.83. The molecule has 20 heavy (non-hydrogen) atoms. The molecular weight excluding hydrogens is 256 g/mol. The molecule has 0 unspecified atom stereocenters. The molecule has 1 aliphatic heterocycles. The number of carbonyl (C=O) groups is 3. The van der Waals surface area contributed by atoms with Crippen LogP contribution in [0.4, 0.5) is 0 Å². The van der Waals surface area contributed by atoms with Gasteiger partial charge in [-0.1, -0.05) is 12.2 Å². The number of fused-ring (bicyclic) bond motifs is 1. The topological polar surface area (TPSA) is 66.5 Å². The third-order valence-electron chi connectivity index (χ3n) is 3.68. The predicted octanol–water partition coefficient (Wildman–Crippen LogP) is 1.24. The summed E-state index contributed by atoms with van der Waals surface area (Å²) >= 11 is 0. The van der Waals surface area contributed by atoms with Crippen molar-refractivity contribution in [1.82, 2.24) is 10.2 Å². The Labute approximate surface area is 119 Å². The highest BCUT2D eigenvalue weighted by atomic mass is 16.2. The number of carbonyl (C=O) groups excluding carboxylic acids is 3. The summed E-state index contributed by atoms with van der Waals surface area (Å²) in [6.07, 6.45) is 5.37. The van der Waals surface area contributed by atoms with Crippen molar-refractivity contribution in [1.29, 1.82) is 0 Å². The van der Waals surface area contributed by atoms with Gasteiger partial charge in [-0.05, 0) is 33.6 Å². The first-order valence-corrected chi connectivity index (χ1v) is 7.11. The van der Waals surface area contributed by atoms with Crippen LogP contribution in [0.25, 0.3) is 0 Å². The lowest BCUT2D eigenvalue weighted by atomic mass is 9.85. The molecule has 2 rings (SSSR count). The zero-order valence-electron chi connectivity index (χ0n) is 12.3. The molecule has 2 atom stereocenters. The summed E-state index contributed by atoms with van der Waals surface area (Å²) < 4.78 is 0. The molecule has 0 aromatic carbocycles. The SMILES string of the molecule is CC(C)(C)NC(=O)CCN1C(=O)[C@H]2CC=CC[C@@H]2C1=O. The van der Waals surface area contributed by atoms with E-state index in [1.807, 2.05) is 32.9 Å². The maximum Gasteiger partial charge on any atom is 0.233 e. The van der Waals surface area contributed by atoms with Crippen molar-refractivity contribution in [3.05, 3.63) is 12.2 Å². The van der Waals surface area contributed by atoms with Gasteiger partial charge >= 0.3 is 0 Å². The molecule has 0 saturated carbocycles. The summed E-state index contributed by atoms with van der Waals surface area (Å²) in [6, 6.07) is 0. The molecule has 0 aromatic heterocycles. The minimum atomic E-state index is -0.298. The maximum absolute atomic E-state index is 12.2. The molecule has 110 valence electrons. The first kappa shape index (κ1) is 14.8. The number of allylic oxidation sites excluding steroid dienone is 2. The fourth-order valence-corrected chi connectivity index (χ4v) is 2.78. The normalized spacial score (nSPS) is 25.9. The zero-order valence-corrected chi connectivity index (χ0v) is 12.3. The molecule has 0 radical (unpaired) electrons. The summed E-state index contributed by atoms with van der Waals surface area (Å²) in [5.41, 5.74) is -0.298. The van der Waals surface area contributed by atoms with E-state index in [9.17, 15) is 14.4 Å².